The number of imide groups is 1. The Morgan fingerprint density at radius 2 is 1.58 bits per heavy atom. The van der Waals surface area contributed by atoms with Gasteiger partial charge in [-0.3, -0.25) is 24.6 Å². The predicted molar refractivity (Wildman–Crippen MR) is 105 cm³/mol. The van der Waals surface area contributed by atoms with Crippen LogP contribution < -0.4 is 5.32 Å². The first-order chi connectivity index (χ1) is 14.7. The number of fused-ring (bicyclic) bond motifs is 1. The van der Waals surface area contributed by atoms with Gasteiger partial charge in [-0.05, 0) is 36.4 Å². The van der Waals surface area contributed by atoms with Crippen molar-refractivity contribution in [3.05, 3.63) is 75.8 Å². The minimum atomic E-state index is -4.48. The summed E-state index contributed by atoms with van der Waals surface area (Å²) in [7, 11) is 0. The normalized spacial score (nSPS) is 13.5. The average molecular weight is 446 g/mol. The summed E-state index contributed by atoms with van der Waals surface area (Å²) < 4.78 is 37.9. The third-order valence-electron chi connectivity index (χ3n) is 4.59. The molecule has 0 spiro atoms. The number of hydrogen-bond donors (Lipinski definition) is 1. The number of carbonyl (C=O) groups is 3. The maximum Gasteiger partial charge on any atom is 0.416 e. The van der Waals surface area contributed by atoms with Crippen molar-refractivity contribution in [1.82, 2.24) is 15.1 Å². The molecular weight excluding hydrogens is 433 g/mol. The summed E-state index contributed by atoms with van der Waals surface area (Å²) in [5.74, 6) is -1.38. The van der Waals surface area contributed by atoms with Gasteiger partial charge in [0.05, 0.1) is 16.7 Å². The van der Waals surface area contributed by atoms with Crippen LogP contribution in [0.4, 0.5) is 18.3 Å². The number of amides is 3. The summed E-state index contributed by atoms with van der Waals surface area (Å²) >= 11 is 1.05. The highest BCUT2D eigenvalue weighted by Crippen LogP contribution is 2.29. The van der Waals surface area contributed by atoms with Gasteiger partial charge in [-0.2, -0.15) is 13.2 Å². The number of hydrogen-bond acceptors (Lipinski definition) is 6. The first-order valence-electron chi connectivity index (χ1n) is 9.00. The predicted octanol–water partition coefficient (Wildman–Crippen LogP) is 3.65. The zero-order chi connectivity index (χ0) is 22.2. The zero-order valence-electron chi connectivity index (χ0n) is 15.6. The smallest absolute Gasteiger partial charge is 0.296 e. The van der Waals surface area contributed by atoms with Gasteiger partial charge in [0.2, 0.25) is 5.13 Å². The minimum Gasteiger partial charge on any atom is -0.296 e. The second-order valence-corrected chi connectivity index (χ2v) is 7.65. The van der Waals surface area contributed by atoms with Gasteiger partial charge < -0.3 is 0 Å². The molecule has 0 saturated carbocycles. The van der Waals surface area contributed by atoms with Gasteiger partial charge in [-0.1, -0.05) is 23.5 Å². The Morgan fingerprint density at radius 3 is 2.16 bits per heavy atom. The van der Waals surface area contributed by atoms with E-state index in [1.165, 1.54) is 0 Å². The molecule has 0 bridgehead atoms. The molecule has 2 aromatic carbocycles. The summed E-state index contributed by atoms with van der Waals surface area (Å²) in [6.07, 6.45) is -4.23. The molecule has 0 atom stereocenters. The number of alkyl halides is 3. The van der Waals surface area contributed by atoms with E-state index in [-0.39, 0.29) is 35.5 Å². The number of halogens is 3. The van der Waals surface area contributed by atoms with Crippen molar-refractivity contribution in [3.63, 3.8) is 0 Å². The van der Waals surface area contributed by atoms with Crippen molar-refractivity contribution in [1.29, 1.82) is 0 Å². The highest BCUT2D eigenvalue weighted by Gasteiger charge is 2.35. The van der Waals surface area contributed by atoms with Crippen LogP contribution in [0.1, 0.15) is 41.6 Å². The van der Waals surface area contributed by atoms with Crippen LogP contribution in [-0.2, 0) is 12.6 Å². The van der Waals surface area contributed by atoms with Crippen molar-refractivity contribution >= 4 is 34.2 Å². The van der Waals surface area contributed by atoms with Crippen molar-refractivity contribution in [2.45, 2.75) is 12.6 Å². The van der Waals surface area contributed by atoms with Crippen LogP contribution >= 0.6 is 11.3 Å². The SMILES string of the molecule is O=C(Nc1nnc(CCN2C(=O)c3ccccc3C2=O)s1)c1ccc(C(F)(F)F)cc1. The third kappa shape index (κ3) is 4.17. The molecule has 1 aliphatic rings. The molecule has 158 valence electrons. The Morgan fingerprint density at radius 1 is 0.968 bits per heavy atom. The maximum atomic E-state index is 12.6. The Balaban J connectivity index is 1.36. The zero-order valence-corrected chi connectivity index (χ0v) is 16.5. The Labute approximate surface area is 177 Å². The molecule has 4 rings (SSSR count). The molecule has 0 radical (unpaired) electrons. The number of nitrogens with one attached hydrogen (secondary N) is 1. The van der Waals surface area contributed by atoms with E-state index in [2.05, 4.69) is 15.5 Å². The topological polar surface area (TPSA) is 92.3 Å². The summed E-state index contributed by atoms with van der Waals surface area (Å²) in [6, 6.07) is 10.3. The second-order valence-electron chi connectivity index (χ2n) is 6.59. The molecule has 1 aromatic heterocycles. The Bertz CT molecular complexity index is 1140. The molecule has 0 saturated heterocycles. The van der Waals surface area contributed by atoms with E-state index in [0.717, 1.165) is 40.5 Å². The molecule has 11 heteroatoms. The standard InChI is InChI=1S/C20H13F3N4O3S/c21-20(22,23)12-7-5-11(6-8-12)16(28)24-19-26-25-15(31-19)9-10-27-17(29)13-3-1-2-4-14(13)18(27)30/h1-8H,9-10H2,(H,24,26,28). The number of nitrogens with zero attached hydrogens (tertiary/aromatic N) is 3. The van der Waals surface area contributed by atoms with Gasteiger partial charge in [0.15, 0.2) is 0 Å². The van der Waals surface area contributed by atoms with E-state index in [4.69, 9.17) is 0 Å². The lowest BCUT2D eigenvalue weighted by Crippen LogP contribution is -2.31. The molecule has 31 heavy (non-hydrogen) atoms. The fourth-order valence-electron chi connectivity index (χ4n) is 3.03. The quantitative estimate of drug-likeness (QED) is 0.604. The van der Waals surface area contributed by atoms with Gasteiger partial charge in [-0.15, -0.1) is 10.2 Å². The summed E-state index contributed by atoms with van der Waals surface area (Å²) in [6.45, 7) is 0.105. The number of rotatable bonds is 5. The summed E-state index contributed by atoms with van der Waals surface area (Å²) in [5, 5.41) is 10.9. The van der Waals surface area contributed by atoms with Gasteiger partial charge in [0.25, 0.3) is 17.7 Å². The molecule has 1 N–H and O–H groups in total. The maximum absolute atomic E-state index is 12.6. The van der Waals surface area contributed by atoms with Gasteiger partial charge in [0.1, 0.15) is 5.01 Å². The lowest BCUT2D eigenvalue weighted by Gasteiger charge is -2.12. The van der Waals surface area contributed by atoms with Crippen molar-refractivity contribution in [2.75, 3.05) is 11.9 Å². The van der Waals surface area contributed by atoms with Gasteiger partial charge >= 0.3 is 6.18 Å². The fourth-order valence-corrected chi connectivity index (χ4v) is 3.76. The van der Waals surface area contributed by atoms with E-state index >= 15 is 0 Å². The number of carbonyl (C=O) groups excluding carboxylic acids is 3. The lowest BCUT2D eigenvalue weighted by atomic mass is 10.1. The molecular formula is C20H13F3N4O3S. The van der Waals surface area contributed by atoms with E-state index in [0.29, 0.717) is 16.1 Å². The third-order valence-corrected chi connectivity index (χ3v) is 5.49. The molecule has 0 fully saturated rings. The first kappa shape index (κ1) is 20.7. The summed E-state index contributed by atoms with van der Waals surface area (Å²) in [4.78, 5) is 38.1. The molecule has 2 heterocycles. The van der Waals surface area contributed by atoms with Gasteiger partial charge in [0, 0.05) is 18.5 Å². The van der Waals surface area contributed by atoms with Crippen LogP contribution in [-0.4, -0.2) is 39.4 Å². The number of benzene rings is 2. The van der Waals surface area contributed by atoms with Crippen LogP contribution in [0.2, 0.25) is 0 Å². The number of aromatic nitrogens is 2. The fraction of sp³-hybridized carbons (Fsp3) is 0.150. The largest absolute Gasteiger partial charge is 0.416 e. The average Bonchev–Trinajstić information content (AvgIpc) is 3.29. The molecule has 3 amide bonds. The van der Waals surface area contributed by atoms with Crippen molar-refractivity contribution in [2.24, 2.45) is 0 Å². The van der Waals surface area contributed by atoms with Crippen LogP contribution in [0.3, 0.4) is 0 Å². The number of anilines is 1. The molecule has 1 aliphatic heterocycles. The van der Waals surface area contributed by atoms with Gasteiger partial charge in [-0.25, -0.2) is 0 Å². The van der Waals surface area contributed by atoms with E-state index in [1.54, 1.807) is 24.3 Å². The Hall–Kier alpha value is -3.60. The summed E-state index contributed by atoms with van der Waals surface area (Å²) in [5.41, 5.74) is -0.102. The molecule has 0 aliphatic carbocycles. The Kier molecular flexibility index (Phi) is 5.27. The minimum absolute atomic E-state index is 0.0378. The monoisotopic (exact) mass is 446 g/mol. The second kappa shape index (κ2) is 7.91. The van der Waals surface area contributed by atoms with E-state index in [9.17, 15) is 27.6 Å². The highest BCUT2D eigenvalue weighted by molar-refractivity contribution is 7.15. The lowest BCUT2D eigenvalue weighted by molar-refractivity contribution is -0.137. The first-order valence-corrected chi connectivity index (χ1v) is 9.82. The van der Waals surface area contributed by atoms with Crippen molar-refractivity contribution < 1.29 is 27.6 Å². The van der Waals surface area contributed by atoms with Crippen LogP contribution in [0.25, 0.3) is 0 Å². The molecule has 0 unspecified atom stereocenters. The van der Waals surface area contributed by atoms with Crippen molar-refractivity contribution in [3.8, 4) is 0 Å². The van der Waals surface area contributed by atoms with Crippen LogP contribution in [0.5, 0.6) is 0 Å². The van der Waals surface area contributed by atoms with Crippen LogP contribution in [0.15, 0.2) is 48.5 Å². The van der Waals surface area contributed by atoms with E-state index in [1.807, 2.05) is 0 Å². The van der Waals surface area contributed by atoms with E-state index < -0.39 is 17.6 Å². The molecule has 7 nitrogen and oxygen atoms in total. The highest BCUT2D eigenvalue weighted by atomic mass is 32.1. The van der Waals surface area contributed by atoms with Crippen LogP contribution in [0, 0.1) is 0 Å². The molecule has 3 aromatic rings.